The van der Waals surface area contributed by atoms with E-state index in [0.29, 0.717) is 30.0 Å². The highest BCUT2D eigenvalue weighted by Crippen LogP contribution is 2.30. The zero-order valence-corrected chi connectivity index (χ0v) is 14.9. The van der Waals surface area contributed by atoms with Crippen molar-refractivity contribution in [1.82, 2.24) is 10.2 Å². The quantitative estimate of drug-likeness (QED) is 0.809. The highest BCUT2D eigenvalue weighted by molar-refractivity contribution is 9.10. The second kappa shape index (κ2) is 6.52. The van der Waals surface area contributed by atoms with Crippen molar-refractivity contribution in [2.75, 3.05) is 23.9 Å². The Morgan fingerprint density at radius 1 is 1.48 bits per heavy atom. The molecule has 1 fully saturated rings. The predicted molar refractivity (Wildman–Crippen MR) is 92.5 cm³/mol. The van der Waals surface area contributed by atoms with E-state index in [9.17, 15) is 14.4 Å². The Balaban J connectivity index is 1.89. The van der Waals surface area contributed by atoms with Crippen molar-refractivity contribution in [2.24, 2.45) is 0 Å². The number of halogens is 1. The van der Waals surface area contributed by atoms with Gasteiger partial charge >= 0.3 is 0 Å². The van der Waals surface area contributed by atoms with Crippen LogP contribution in [0.4, 0.5) is 5.69 Å². The highest BCUT2D eigenvalue weighted by atomic mass is 79.9. The molecule has 0 aliphatic carbocycles. The number of anilines is 1. The van der Waals surface area contributed by atoms with E-state index in [2.05, 4.69) is 26.6 Å². The monoisotopic (exact) mass is 397 g/mol. The van der Waals surface area contributed by atoms with Crippen LogP contribution in [-0.4, -0.2) is 53.3 Å². The topological polar surface area (TPSA) is 78.5 Å². The molecule has 23 heavy (non-hydrogen) atoms. The number of nitrogens with one attached hydrogen (secondary N) is 2. The number of nitrogens with zero attached hydrogens (tertiary/aromatic N) is 1. The molecule has 2 aliphatic heterocycles. The maximum Gasteiger partial charge on any atom is 0.256 e. The summed E-state index contributed by atoms with van der Waals surface area (Å²) in [5.74, 6) is -0.224. The molecule has 1 aromatic rings. The van der Waals surface area contributed by atoms with Crippen LogP contribution in [0.2, 0.25) is 0 Å². The number of carbonyl (C=O) groups excluding carboxylic acids is 3. The smallest absolute Gasteiger partial charge is 0.256 e. The van der Waals surface area contributed by atoms with Gasteiger partial charge in [-0.1, -0.05) is 15.9 Å². The molecule has 2 atom stereocenters. The van der Waals surface area contributed by atoms with E-state index in [1.165, 1.54) is 11.8 Å². The first-order valence-corrected chi connectivity index (χ1v) is 9.39. The van der Waals surface area contributed by atoms with Crippen LogP contribution in [-0.2, 0) is 9.59 Å². The molecule has 2 aliphatic rings. The number of rotatable bonds is 3. The number of hydrogen-bond acceptors (Lipinski definition) is 4. The standard InChI is InChI=1S/C15H16BrN3O3S/c1-23-7-12(20)17-11-4-5-19-13(11)14(21)18-10-3-2-8(16)6-9(10)15(19)22/h2-3,6,11,13H,4-5,7H2,1H3,(H,17,20)(H,18,21)/t11-,13-/m0/s1. The molecule has 1 aromatic carbocycles. The van der Waals surface area contributed by atoms with Crippen molar-refractivity contribution in [3.63, 3.8) is 0 Å². The zero-order valence-electron chi connectivity index (χ0n) is 12.5. The lowest BCUT2D eigenvalue weighted by molar-refractivity contribution is -0.122. The second-order valence-corrected chi connectivity index (χ2v) is 7.30. The lowest BCUT2D eigenvalue weighted by Gasteiger charge is -2.24. The van der Waals surface area contributed by atoms with Crippen molar-refractivity contribution in [3.05, 3.63) is 28.2 Å². The third kappa shape index (κ3) is 3.10. The van der Waals surface area contributed by atoms with E-state index in [4.69, 9.17) is 0 Å². The fraction of sp³-hybridized carbons (Fsp3) is 0.400. The van der Waals surface area contributed by atoms with E-state index >= 15 is 0 Å². The molecule has 3 amide bonds. The summed E-state index contributed by atoms with van der Waals surface area (Å²) < 4.78 is 0.779. The molecular formula is C15H16BrN3O3S. The van der Waals surface area contributed by atoms with Gasteiger partial charge in [0.05, 0.1) is 23.0 Å². The average Bonchev–Trinajstić information content (AvgIpc) is 2.87. The van der Waals surface area contributed by atoms with Crippen LogP contribution in [0.1, 0.15) is 16.8 Å². The molecule has 1 saturated heterocycles. The van der Waals surface area contributed by atoms with Crippen LogP contribution in [0.5, 0.6) is 0 Å². The van der Waals surface area contributed by atoms with Gasteiger partial charge in [-0.3, -0.25) is 14.4 Å². The molecule has 122 valence electrons. The Morgan fingerprint density at radius 2 is 2.26 bits per heavy atom. The number of thioether (sulfide) groups is 1. The van der Waals surface area contributed by atoms with Crippen molar-refractivity contribution in [1.29, 1.82) is 0 Å². The Morgan fingerprint density at radius 3 is 3.00 bits per heavy atom. The van der Waals surface area contributed by atoms with E-state index in [0.717, 1.165) is 4.47 Å². The van der Waals surface area contributed by atoms with Crippen molar-refractivity contribution < 1.29 is 14.4 Å². The molecular weight excluding hydrogens is 382 g/mol. The Kier molecular flexibility index (Phi) is 4.63. The minimum absolute atomic E-state index is 0.117. The lowest BCUT2D eigenvalue weighted by Crippen LogP contribution is -2.51. The van der Waals surface area contributed by atoms with Gasteiger partial charge < -0.3 is 15.5 Å². The van der Waals surface area contributed by atoms with Gasteiger partial charge in [0.1, 0.15) is 6.04 Å². The largest absolute Gasteiger partial charge is 0.350 e. The first-order chi connectivity index (χ1) is 11.0. The van der Waals surface area contributed by atoms with Crippen LogP contribution in [0.15, 0.2) is 22.7 Å². The maximum atomic E-state index is 12.8. The van der Waals surface area contributed by atoms with Gasteiger partial charge in [0.2, 0.25) is 11.8 Å². The van der Waals surface area contributed by atoms with E-state index in [1.54, 1.807) is 23.1 Å². The fourth-order valence-electron chi connectivity index (χ4n) is 3.04. The predicted octanol–water partition coefficient (Wildman–Crippen LogP) is 1.46. The summed E-state index contributed by atoms with van der Waals surface area (Å²) in [6, 6.07) is 4.18. The van der Waals surface area contributed by atoms with Gasteiger partial charge in [0.15, 0.2) is 0 Å². The molecule has 3 rings (SSSR count). The van der Waals surface area contributed by atoms with Gasteiger partial charge in [-0.15, -0.1) is 0 Å². The van der Waals surface area contributed by atoms with Crippen molar-refractivity contribution >= 4 is 51.1 Å². The third-order valence-corrected chi connectivity index (χ3v) is 5.06. The van der Waals surface area contributed by atoms with Gasteiger partial charge in [-0.05, 0) is 30.9 Å². The minimum atomic E-state index is -0.667. The normalized spacial score (nSPS) is 23.0. The molecule has 0 aromatic heterocycles. The lowest BCUT2D eigenvalue weighted by atomic mass is 10.1. The minimum Gasteiger partial charge on any atom is -0.350 e. The van der Waals surface area contributed by atoms with Crippen LogP contribution < -0.4 is 10.6 Å². The third-order valence-electron chi connectivity index (χ3n) is 4.02. The van der Waals surface area contributed by atoms with Crippen LogP contribution >= 0.6 is 27.7 Å². The van der Waals surface area contributed by atoms with Crippen LogP contribution in [0.25, 0.3) is 0 Å². The summed E-state index contributed by atoms with van der Waals surface area (Å²) in [5, 5.41) is 5.68. The van der Waals surface area contributed by atoms with Gasteiger partial charge in [0, 0.05) is 11.0 Å². The average molecular weight is 398 g/mol. The van der Waals surface area contributed by atoms with Crippen molar-refractivity contribution in [3.8, 4) is 0 Å². The second-order valence-electron chi connectivity index (χ2n) is 5.52. The number of hydrogen-bond donors (Lipinski definition) is 2. The molecule has 2 N–H and O–H groups in total. The molecule has 0 unspecified atom stereocenters. The summed E-state index contributed by atoms with van der Waals surface area (Å²) in [6.45, 7) is 0.451. The summed E-state index contributed by atoms with van der Waals surface area (Å²) in [5.41, 5.74) is 0.970. The van der Waals surface area contributed by atoms with Gasteiger partial charge in [-0.25, -0.2) is 0 Å². The fourth-order valence-corrected chi connectivity index (χ4v) is 3.75. The maximum absolute atomic E-state index is 12.8. The summed E-state index contributed by atoms with van der Waals surface area (Å²) in [4.78, 5) is 38.7. The number of carbonyl (C=O) groups is 3. The summed E-state index contributed by atoms with van der Waals surface area (Å²) in [7, 11) is 0. The van der Waals surface area contributed by atoms with Gasteiger partial charge in [0.25, 0.3) is 5.91 Å². The first kappa shape index (κ1) is 16.3. The van der Waals surface area contributed by atoms with E-state index < -0.39 is 6.04 Å². The number of amides is 3. The molecule has 0 saturated carbocycles. The molecule has 8 heteroatoms. The Bertz CT molecular complexity index is 682. The van der Waals surface area contributed by atoms with Crippen LogP contribution in [0, 0.1) is 0 Å². The molecule has 6 nitrogen and oxygen atoms in total. The number of benzene rings is 1. The first-order valence-electron chi connectivity index (χ1n) is 7.21. The van der Waals surface area contributed by atoms with Gasteiger partial charge in [-0.2, -0.15) is 11.8 Å². The summed E-state index contributed by atoms with van der Waals surface area (Å²) in [6.07, 6.45) is 2.42. The zero-order chi connectivity index (χ0) is 16.6. The van der Waals surface area contributed by atoms with Crippen molar-refractivity contribution in [2.45, 2.75) is 18.5 Å². The SMILES string of the molecule is CSCC(=O)N[C@H]1CCN2C(=O)c3cc(Br)ccc3NC(=O)[C@H]12. The summed E-state index contributed by atoms with van der Waals surface area (Å²) >= 11 is 4.77. The molecule has 0 spiro atoms. The van der Waals surface area contributed by atoms with E-state index in [1.807, 2.05) is 6.26 Å². The highest BCUT2D eigenvalue weighted by Gasteiger charge is 2.45. The Hall–Kier alpha value is -1.54. The number of fused-ring (bicyclic) bond motifs is 2. The molecule has 2 heterocycles. The van der Waals surface area contributed by atoms with E-state index in [-0.39, 0.29) is 23.8 Å². The Labute approximate surface area is 146 Å². The molecule has 0 radical (unpaired) electrons. The van der Waals surface area contributed by atoms with Crippen LogP contribution in [0.3, 0.4) is 0 Å². The molecule has 0 bridgehead atoms.